The second-order valence-corrected chi connectivity index (χ2v) is 6.00. The van der Waals surface area contributed by atoms with E-state index in [1.54, 1.807) is 4.57 Å². The van der Waals surface area contributed by atoms with Crippen LogP contribution >= 0.6 is 0 Å². The summed E-state index contributed by atoms with van der Waals surface area (Å²) in [6, 6.07) is 13.2. The van der Waals surface area contributed by atoms with Crippen LogP contribution in [0.2, 0.25) is 0 Å². The van der Waals surface area contributed by atoms with Gasteiger partial charge in [-0.2, -0.15) is 5.48 Å². The quantitative estimate of drug-likeness (QED) is 0.553. The molecule has 3 aromatic rings. The fraction of sp³-hybridized carbons (Fsp3) is 0.211. The monoisotopic (exact) mass is 336 g/mol. The lowest BCUT2D eigenvalue weighted by molar-refractivity contribution is 0.103. The first-order valence-electron chi connectivity index (χ1n) is 8.02. The van der Waals surface area contributed by atoms with Crippen molar-refractivity contribution < 1.29 is 10.0 Å². The number of hydrogen-bond acceptors (Lipinski definition) is 5. The fourth-order valence-corrected chi connectivity index (χ4v) is 2.90. The van der Waals surface area contributed by atoms with E-state index in [4.69, 9.17) is 5.21 Å². The van der Waals surface area contributed by atoms with Gasteiger partial charge in [-0.1, -0.05) is 35.9 Å². The second-order valence-electron chi connectivity index (χ2n) is 6.00. The predicted octanol–water partition coefficient (Wildman–Crippen LogP) is 2.90. The maximum absolute atomic E-state index is 13.2. The van der Waals surface area contributed by atoms with Crippen molar-refractivity contribution in [3.63, 3.8) is 0 Å². The summed E-state index contributed by atoms with van der Waals surface area (Å²) in [6.45, 7) is 5.82. The zero-order chi connectivity index (χ0) is 18.0. The SMILES string of the molecule is Cc1ccc(-n2c(C)nnc2CNO)c(C(=O)c2ccccc2C)c1. The third-order valence-corrected chi connectivity index (χ3v) is 4.16. The molecule has 0 fully saturated rings. The molecule has 25 heavy (non-hydrogen) atoms. The number of benzene rings is 2. The average Bonchev–Trinajstić information content (AvgIpc) is 2.96. The summed E-state index contributed by atoms with van der Waals surface area (Å²) in [7, 11) is 0. The van der Waals surface area contributed by atoms with Gasteiger partial charge in [0.05, 0.1) is 12.2 Å². The van der Waals surface area contributed by atoms with E-state index in [0.717, 1.165) is 11.1 Å². The molecular formula is C19H20N4O2. The van der Waals surface area contributed by atoms with E-state index in [0.29, 0.717) is 28.5 Å². The summed E-state index contributed by atoms with van der Waals surface area (Å²) >= 11 is 0. The van der Waals surface area contributed by atoms with Gasteiger partial charge >= 0.3 is 0 Å². The maximum Gasteiger partial charge on any atom is 0.195 e. The van der Waals surface area contributed by atoms with Crippen LogP contribution in [0.5, 0.6) is 0 Å². The molecule has 0 saturated carbocycles. The highest BCUT2D eigenvalue weighted by Crippen LogP contribution is 2.24. The van der Waals surface area contributed by atoms with Crippen molar-refractivity contribution in [3.8, 4) is 5.69 Å². The number of ketones is 1. The van der Waals surface area contributed by atoms with Crippen LogP contribution in [-0.4, -0.2) is 25.8 Å². The second kappa shape index (κ2) is 6.96. The number of rotatable bonds is 5. The molecule has 2 aromatic carbocycles. The van der Waals surface area contributed by atoms with Crippen molar-refractivity contribution in [2.75, 3.05) is 0 Å². The topological polar surface area (TPSA) is 80.0 Å². The molecule has 0 amide bonds. The number of carbonyl (C=O) groups is 1. The van der Waals surface area contributed by atoms with Crippen LogP contribution in [0.1, 0.15) is 38.7 Å². The van der Waals surface area contributed by atoms with Gasteiger partial charge in [-0.05, 0) is 38.5 Å². The molecule has 6 nitrogen and oxygen atoms in total. The lowest BCUT2D eigenvalue weighted by Crippen LogP contribution is -2.16. The minimum atomic E-state index is -0.0483. The summed E-state index contributed by atoms with van der Waals surface area (Å²) < 4.78 is 1.79. The van der Waals surface area contributed by atoms with Crippen molar-refractivity contribution in [1.82, 2.24) is 20.2 Å². The highest BCUT2D eigenvalue weighted by atomic mass is 16.5. The number of nitrogens with zero attached hydrogens (tertiary/aromatic N) is 3. The summed E-state index contributed by atoms with van der Waals surface area (Å²) in [5.41, 5.74) is 5.97. The molecule has 0 aliphatic heterocycles. The predicted molar refractivity (Wildman–Crippen MR) is 94.1 cm³/mol. The van der Waals surface area contributed by atoms with Gasteiger partial charge in [-0.15, -0.1) is 10.2 Å². The van der Waals surface area contributed by atoms with Crippen molar-refractivity contribution in [2.45, 2.75) is 27.3 Å². The Balaban J connectivity index is 2.20. The molecule has 0 bridgehead atoms. The zero-order valence-electron chi connectivity index (χ0n) is 14.4. The largest absolute Gasteiger partial charge is 0.316 e. The summed E-state index contributed by atoms with van der Waals surface area (Å²) in [5, 5.41) is 17.2. The van der Waals surface area contributed by atoms with Gasteiger partial charge in [-0.3, -0.25) is 9.36 Å². The van der Waals surface area contributed by atoms with E-state index < -0.39 is 0 Å². The number of nitrogens with one attached hydrogen (secondary N) is 1. The molecule has 6 heteroatoms. The standard InChI is InChI=1S/C19H20N4O2/c1-12-8-9-17(23-14(3)21-22-18(23)11-20-25)16(10-12)19(24)15-7-5-4-6-13(15)2/h4-10,20,25H,11H2,1-3H3. The van der Waals surface area contributed by atoms with Gasteiger partial charge < -0.3 is 5.21 Å². The van der Waals surface area contributed by atoms with E-state index in [2.05, 4.69) is 15.7 Å². The molecule has 0 spiro atoms. The Bertz CT molecular complexity index is 931. The van der Waals surface area contributed by atoms with E-state index in [-0.39, 0.29) is 12.3 Å². The van der Waals surface area contributed by atoms with Gasteiger partial charge in [0.2, 0.25) is 0 Å². The third kappa shape index (κ3) is 3.22. The van der Waals surface area contributed by atoms with Crippen LogP contribution in [0.25, 0.3) is 5.69 Å². The first-order chi connectivity index (χ1) is 12.0. The number of aromatic nitrogens is 3. The highest BCUT2D eigenvalue weighted by molar-refractivity contribution is 6.12. The van der Waals surface area contributed by atoms with Crippen molar-refractivity contribution in [2.24, 2.45) is 0 Å². The van der Waals surface area contributed by atoms with Gasteiger partial charge in [0.25, 0.3) is 0 Å². The Morgan fingerprint density at radius 2 is 1.84 bits per heavy atom. The maximum atomic E-state index is 13.2. The smallest absolute Gasteiger partial charge is 0.195 e. The Morgan fingerprint density at radius 3 is 2.56 bits per heavy atom. The van der Waals surface area contributed by atoms with Gasteiger partial charge in [0.1, 0.15) is 5.82 Å². The molecule has 0 radical (unpaired) electrons. The van der Waals surface area contributed by atoms with Crippen molar-refractivity contribution in [1.29, 1.82) is 0 Å². The van der Waals surface area contributed by atoms with E-state index in [9.17, 15) is 4.79 Å². The Labute approximate surface area is 146 Å². The van der Waals surface area contributed by atoms with Gasteiger partial charge in [-0.25, -0.2) is 0 Å². The van der Waals surface area contributed by atoms with Gasteiger partial charge in [0.15, 0.2) is 11.6 Å². The average molecular weight is 336 g/mol. The molecule has 0 atom stereocenters. The van der Waals surface area contributed by atoms with Crippen LogP contribution in [0.15, 0.2) is 42.5 Å². The van der Waals surface area contributed by atoms with Crippen molar-refractivity contribution >= 4 is 5.78 Å². The lowest BCUT2D eigenvalue weighted by atomic mass is 9.96. The van der Waals surface area contributed by atoms with E-state index >= 15 is 0 Å². The molecule has 0 aliphatic rings. The number of hydrogen-bond donors (Lipinski definition) is 2. The molecule has 1 aromatic heterocycles. The summed E-state index contributed by atoms with van der Waals surface area (Å²) in [5.74, 6) is 1.13. The molecule has 1 heterocycles. The Hall–Kier alpha value is -2.83. The number of carbonyl (C=O) groups excluding carboxylic acids is 1. The minimum Gasteiger partial charge on any atom is -0.316 e. The zero-order valence-corrected chi connectivity index (χ0v) is 14.4. The molecule has 0 saturated heterocycles. The first-order valence-corrected chi connectivity index (χ1v) is 8.02. The lowest BCUT2D eigenvalue weighted by Gasteiger charge is -2.15. The number of hydroxylamine groups is 1. The molecule has 0 unspecified atom stereocenters. The highest BCUT2D eigenvalue weighted by Gasteiger charge is 2.20. The molecule has 128 valence electrons. The fourth-order valence-electron chi connectivity index (χ4n) is 2.90. The van der Waals surface area contributed by atoms with Crippen LogP contribution in [0.4, 0.5) is 0 Å². The van der Waals surface area contributed by atoms with Crippen molar-refractivity contribution in [3.05, 3.63) is 76.4 Å². The minimum absolute atomic E-state index is 0.0483. The van der Waals surface area contributed by atoms with Crippen LogP contribution in [-0.2, 0) is 6.54 Å². The molecule has 3 rings (SSSR count). The normalized spacial score (nSPS) is 10.9. The summed E-state index contributed by atoms with van der Waals surface area (Å²) in [4.78, 5) is 13.2. The first kappa shape index (κ1) is 17.0. The third-order valence-electron chi connectivity index (χ3n) is 4.16. The molecular weight excluding hydrogens is 316 g/mol. The Morgan fingerprint density at radius 1 is 1.08 bits per heavy atom. The van der Waals surface area contributed by atoms with E-state index in [1.165, 1.54) is 0 Å². The summed E-state index contributed by atoms with van der Waals surface area (Å²) in [6.07, 6.45) is 0. The number of aryl methyl sites for hydroxylation is 3. The van der Waals surface area contributed by atoms with Gasteiger partial charge in [0, 0.05) is 11.1 Å². The Kier molecular flexibility index (Phi) is 4.74. The molecule has 2 N–H and O–H groups in total. The van der Waals surface area contributed by atoms with E-state index in [1.807, 2.05) is 63.2 Å². The molecule has 0 aliphatic carbocycles. The van der Waals surface area contributed by atoms with Crippen LogP contribution in [0, 0.1) is 20.8 Å². The van der Waals surface area contributed by atoms with Crippen LogP contribution < -0.4 is 5.48 Å². The van der Waals surface area contributed by atoms with Crippen LogP contribution in [0.3, 0.4) is 0 Å².